The summed E-state index contributed by atoms with van der Waals surface area (Å²) >= 11 is 0. The van der Waals surface area contributed by atoms with Crippen LogP contribution in [0.15, 0.2) is 18.2 Å². The van der Waals surface area contributed by atoms with Gasteiger partial charge < -0.3 is 21.3 Å². The molecule has 0 unspecified atom stereocenters. The molecular formula is C14H21FN4O2. The fraction of sp³-hybridized carbons (Fsp3) is 0.429. The maximum Gasteiger partial charge on any atom is 0.319 e. The van der Waals surface area contributed by atoms with E-state index in [-0.39, 0.29) is 5.56 Å². The van der Waals surface area contributed by atoms with E-state index in [4.69, 9.17) is 5.73 Å². The molecule has 0 fully saturated rings. The maximum absolute atomic E-state index is 13.3. The van der Waals surface area contributed by atoms with E-state index >= 15 is 0 Å². The molecule has 4 N–H and O–H groups in total. The second-order valence-electron chi connectivity index (χ2n) is 4.47. The lowest BCUT2D eigenvalue weighted by molar-refractivity contribution is 0.0996. The fourth-order valence-corrected chi connectivity index (χ4v) is 1.83. The number of urea groups is 1. The normalized spacial score (nSPS) is 10.5. The van der Waals surface area contributed by atoms with Gasteiger partial charge in [0.05, 0.1) is 5.56 Å². The molecule has 1 rings (SSSR count). The first-order valence-corrected chi connectivity index (χ1v) is 6.84. The highest BCUT2D eigenvalue weighted by atomic mass is 19.1. The van der Waals surface area contributed by atoms with Crippen molar-refractivity contribution in [1.82, 2.24) is 10.2 Å². The molecule has 1 aromatic rings. The van der Waals surface area contributed by atoms with E-state index in [1.165, 1.54) is 12.1 Å². The second-order valence-corrected chi connectivity index (χ2v) is 4.47. The van der Waals surface area contributed by atoms with E-state index in [0.717, 1.165) is 25.7 Å². The van der Waals surface area contributed by atoms with Crippen LogP contribution in [-0.4, -0.2) is 43.0 Å². The van der Waals surface area contributed by atoms with Crippen molar-refractivity contribution in [1.29, 1.82) is 0 Å². The quantitative estimate of drug-likeness (QED) is 0.710. The summed E-state index contributed by atoms with van der Waals surface area (Å²) in [5.74, 6) is -1.59. The third-order valence-corrected chi connectivity index (χ3v) is 3.10. The van der Waals surface area contributed by atoms with Gasteiger partial charge in [0.15, 0.2) is 0 Å². The monoisotopic (exact) mass is 296 g/mol. The standard InChI is InChI=1S/C14H21FN4O2/c1-3-19(4-2)8-7-17-14(21)18-10-5-6-12(15)11(9-10)13(16)20/h5-6,9H,3-4,7-8H2,1-2H3,(H2,16,20)(H2,17,18,21). The SMILES string of the molecule is CCN(CC)CCNC(=O)Nc1ccc(F)c(C(N)=O)c1. The summed E-state index contributed by atoms with van der Waals surface area (Å²) in [6.45, 7) is 7.17. The van der Waals surface area contributed by atoms with Crippen LogP contribution in [0.2, 0.25) is 0 Å². The molecule has 0 aliphatic carbocycles. The topological polar surface area (TPSA) is 87.5 Å². The first kappa shape index (κ1) is 16.9. The smallest absolute Gasteiger partial charge is 0.319 e. The number of halogens is 1. The van der Waals surface area contributed by atoms with Crippen LogP contribution in [0.25, 0.3) is 0 Å². The van der Waals surface area contributed by atoms with Crippen LogP contribution in [0.3, 0.4) is 0 Å². The number of likely N-dealkylation sites (N-methyl/N-ethyl adjacent to an activating group) is 1. The summed E-state index contributed by atoms with van der Waals surface area (Å²) in [6.07, 6.45) is 0. The average Bonchev–Trinajstić information content (AvgIpc) is 2.45. The van der Waals surface area contributed by atoms with Gasteiger partial charge in [-0.2, -0.15) is 0 Å². The van der Waals surface area contributed by atoms with Gasteiger partial charge in [-0.15, -0.1) is 0 Å². The van der Waals surface area contributed by atoms with Crippen molar-refractivity contribution in [2.45, 2.75) is 13.8 Å². The van der Waals surface area contributed by atoms with E-state index in [9.17, 15) is 14.0 Å². The fourth-order valence-electron chi connectivity index (χ4n) is 1.83. The summed E-state index contributed by atoms with van der Waals surface area (Å²) in [7, 11) is 0. The van der Waals surface area contributed by atoms with Gasteiger partial charge >= 0.3 is 6.03 Å². The number of hydrogen-bond acceptors (Lipinski definition) is 3. The van der Waals surface area contributed by atoms with Crippen molar-refractivity contribution in [3.05, 3.63) is 29.6 Å². The average molecular weight is 296 g/mol. The van der Waals surface area contributed by atoms with Crippen LogP contribution >= 0.6 is 0 Å². The zero-order valence-corrected chi connectivity index (χ0v) is 12.3. The maximum atomic E-state index is 13.3. The van der Waals surface area contributed by atoms with Crippen LogP contribution in [0, 0.1) is 5.82 Å². The predicted molar refractivity (Wildman–Crippen MR) is 79.7 cm³/mol. The van der Waals surface area contributed by atoms with Gasteiger partial charge in [-0.05, 0) is 31.3 Å². The number of anilines is 1. The van der Waals surface area contributed by atoms with Gasteiger partial charge in [0, 0.05) is 18.8 Å². The summed E-state index contributed by atoms with van der Waals surface area (Å²) < 4.78 is 13.3. The highest BCUT2D eigenvalue weighted by Gasteiger charge is 2.10. The molecule has 1 aromatic carbocycles. The zero-order valence-electron chi connectivity index (χ0n) is 12.3. The molecule has 0 aliphatic heterocycles. The number of carbonyl (C=O) groups excluding carboxylic acids is 2. The molecule has 116 valence electrons. The van der Waals surface area contributed by atoms with Gasteiger partial charge in [-0.3, -0.25) is 4.79 Å². The Morgan fingerprint density at radius 1 is 1.29 bits per heavy atom. The number of nitrogens with zero attached hydrogens (tertiary/aromatic N) is 1. The van der Waals surface area contributed by atoms with Crippen LogP contribution < -0.4 is 16.4 Å². The molecule has 0 saturated heterocycles. The molecular weight excluding hydrogens is 275 g/mol. The Bertz CT molecular complexity index is 504. The van der Waals surface area contributed by atoms with Crippen molar-refractivity contribution in [3.63, 3.8) is 0 Å². The van der Waals surface area contributed by atoms with Crippen LogP contribution in [0.5, 0.6) is 0 Å². The Morgan fingerprint density at radius 3 is 2.52 bits per heavy atom. The highest BCUT2D eigenvalue weighted by Crippen LogP contribution is 2.14. The number of benzene rings is 1. The van der Waals surface area contributed by atoms with Crippen molar-refractivity contribution in [2.24, 2.45) is 5.73 Å². The van der Waals surface area contributed by atoms with Gasteiger partial charge in [0.25, 0.3) is 5.91 Å². The van der Waals surface area contributed by atoms with E-state index in [1.807, 2.05) is 13.8 Å². The third kappa shape index (κ3) is 5.39. The number of hydrogen-bond donors (Lipinski definition) is 3. The molecule has 21 heavy (non-hydrogen) atoms. The second kappa shape index (κ2) is 8.21. The minimum atomic E-state index is -0.877. The van der Waals surface area contributed by atoms with Crippen LogP contribution in [-0.2, 0) is 0 Å². The molecule has 0 spiro atoms. The highest BCUT2D eigenvalue weighted by molar-refractivity contribution is 5.96. The number of primary amides is 1. The summed E-state index contributed by atoms with van der Waals surface area (Å²) in [5, 5.41) is 5.22. The molecule has 7 heteroatoms. The van der Waals surface area contributed by atoms with E-state index in [1.54, 1.807) is 0 Å². The van der Waals surface area contributed by atoms with E-state index < -0.39 is 17.8 Å². The van der Waals surface area contributed by atoms with Crippen molar-refractivity contribution in [3.8, 4) is 0 Å². The summed E-state index contributed by atoms with van der Waals surface area (Å²) in [4.78, 5) is 24.9. The first-order valence-electron chi connectivity index (χ1n) is 6.84. The molecule has 3 amide bonds. The lowest BCUT2D eigenvalue weighted by Crippen LogP contribution is -2.36. The van der Waals surface area contributed by atoms with Crippen molar-refractivity contribution in [2.75, 3.05) is 31.5 Å². The molecule has 0 saturated carbocycles. The predicted octanol–water partition coefficient (Wildman–Crippen LogP) is 1.39. The third-order valence-electron chi connectivity index (χ3n) is 3.10. The zero-order chi connectivity index (χ0) is 15.8. The lowest BCUT2D eigenvalue weighted by atomic mass is 10.2. The minimum absolute atomic E-state index is 0.254. The largest absolute Gasteiger partial charge is 0.366 e. The number of amides is 3. The molecule has 0 aromatic heterocycles. The van der Waals surface area contributed by atoms with Crippen LogP contribution in [0.4, 0.5) is 14.9 Å². The van der Waals surface area contributed by atoms with Crippen molar-refractivity contribution < 1.29 is 14.0 Å². The van der Waals surface area contributed by atoms with Gasteiger partial charge in [-0.25, -0.2) is 9.18 Å². The van der Waals surface area contributed by atoms with Gasteiger partial charge in [-0.1, -0.05) is 13.8 Å². The number of nitrogens with one attached hydrogen (secondary N) is 2. The van der Waals surface area contributed by atoms with Crippen molar-refractivity contribution >= 4 is 17.6 Å². The Morgan fingerprint density at radius 2 is 1.95 bits per heavy atom. The number of carbonyl (C=O) groups is 2. The Labute approximate surface area is 123 Å². The first-order chi connectivity index (χ1) is 9.97. The summed E-state index contributed by atoms with van der Waals surface area (Å²) in [6, 6.07) is 3.25. The van der Waals surface area contributed by atoms with Gasteiger partial charge in [0.2, 0.25) is 0 Å². The molecule has 0 radical (unpaired) electrons. The number of rotatable bonds is 7. The Kier molecular flexibility index (Phi) is 6.61. The Balaban J connectivity index is 2.52. The minimum Gasteiger partial charge on any atom is -0.366 e. The van der Waals surface area contributed by atoms with E-state index in [2.05, 4.69) is 15.5 Å². The van der Waals surface area contributed by atoms with Crippen LogP contribution in [0.1, 0.15) is 24.2 Å². The molecule has 0 aliphatic rings. The Hall–Kier alpha value is -2.15. The number of nitrogens with two attached hydrogens (primary N) is 1. The summed E-state index contributed by atoms with van der Waals surface area (Å²) in [5.41, 5.74) is 5.10. The molecule has 0 bridgehead atoms. The van der Waals surface area contributed by atoms with Gasteiger partial charge in [0.1, 0.15) is 5.82 Å². The van der Waals surface area contributed by atoms with E-state index in [0.29, 0.717) is 12.2 Å². The molecule has 6 nitrogen and oxygen atoms in total. The molecule has 0 heterocycles. The molecule has 0 atom stereocenters. The lowest BCUT2D eigenvalue weighted by Gasteiger charge is -2.18.